The zero-order valence-electron chi connectivity index (χ0n) is 14.3. The van der Waals surface area contributed by atoms with E-state index in [0.717, 1.165) is 12.5 Å². The molecule has 0 aromatic heterocycles. The van der Waals surface area contributed by atoms with E-state index in [0.29, 0.717) is 12.3 Å². The topological polar surface area (TPSA) is 113 Å². The van der Waals surface area contributed by atoms with E-state index in [1.165, 1.54) is 50.3 Å². The molecule has 0 heterocycles. The first kappa shape index (κ1) is 19.8. The average molecular weight is 378 g/mol. The smallest absolute Gasteiger partial charge is 0.270 e. The van der Waals surface area contributed by atoms with Crippen molar-refractivity contribution in [3.8, 4) is 0 Å². The number of carbonyl (C=O) groups excluding carboxylic acids is 2. The summed E-state index contributed by atoms with van der Waals surface area (Å²) in [5.41, 5.74) is 4.66. The fourth-order valence-corrected chi connectivity index (χ4v) is 3.14. The van der Waals surface area contributed by atoms with E-state index in [4.69, 9.17) is 12.2 Å². The molecule has 1 aromatic rings. The molecule has 0 saturated heterocycles. The van der Waals surface area contributed by atoms with Gasteiger partial charge in [0.1, 0.15) is 0 Å². The van der Waals surface area contributed by atoms with Gasteiger partial charge in [-0.3, -0.25) is 30.6 Å². The van der Waals surface area contributed by atoms with Gasteiger partial charge in [0.05, 0.1) is 4.92 Å². The van der Waals surface area contributed by atoms with Gasteiger partial charge in [-0.25, -0.2) is 0 Å². The van der Waals surface area contributed by atoms with Gasteiger partial charge in [-0.2, -0.15) is 0 Å². The summed E-state index contributed by atoms with van der Waals surface area (Å²) >= 11 is 4.97. The molecule has 8 nitrogen and oxygen atoms in total. The molecular formula is C17H22N4O4S. The first-order valence-corrected chi connectivity index (χ1v) is 9.01. The Hall–Kier alpha value is -2.55. The molecule has 0 unspecified atom stereocenters. The molecule has 0 atom stereocenters. The van der Waals surface area contributed by atoms with Gasteiger partial charge in [0.2, 0.25) is 5.91 Å². The number of non-ortho nitro benzene ring substituents is 1. The number of benzene rings is 1. The molecular weight excluding hydrogens is 356 g/mol. The second-order valence-corrected chi connectivity index (χ2v) is 6.71. The number of thiocarbonyl (C=S) groups is 1. The largest absolute Gasteiger partial charge is 0.302 e. The van der Waals surface area contributed by atoms with Crippen molar-refractivity contribution in [2.75, 3.05) is 0 Å². The predicted molar refractivity (Wildman–Crippen MR) is 100 cm³/mol. The maximum absolute atomic E-state index is 12.0. The summed E-state index contributed by atoms with van der Waals surface area (Å²) in [7, 11) is 0. The maximum Gasteiger partial charge on any atom is 0.270 e. The lowest BCUT2D eigenvalue weighted by atomic mass is 9.86. The monoisotopic (exact) mass is 378 g/mol. The van der Waals surface area contributed by atoms with Crippen molar-refractivity contribution >= 4 is 34.8 Å². The van der Waals surface area contributed by atoms with E-state index in [2.05, 4.69) is 16.2 Å². The Bertz CT molecular complexity index is 689. The number of nitro groups is 1. The summed E-state index contributed by atoms with van der Waals surface area (Å²) in [5.74, 6) is -0.185. The second-order valence-electron chi connectivity index (χ2n) is 6.31. The quantitative estimate of drug-likeness (QED) is 0.412. The Morgan fingerprint density at radius 2 is 1.92 bits per heavy atom. The Labute approximate surface area is 156 Å². The molecule has 1 saturated carbocycles. The van der Waals surface area contributed by atoms with Crippen molar-refractivity contribution in [2.24, 2.45) is 5.92 Å². The highest BCUT2D eigenvalue weighted by Gasteiger charge is 2.16. The number of hydrogen-bond donors (Lipinski definition) is 3. The Balaban J connectivity index is 1.72. The van der Waals surface area contributed by atoms with Crippen LogP contribution in [0.5, 0.6) is 0 Å². The van der Waals surface area contributed by atoms with Crippen LogP contribution in [0.2, 0.25) is 0 Å². The number of nitrogens with zero attached hydrogens (tertiary/aromatic N) is 1. The number of hydrazine groups is 1. The van der Waals surface area contributed by atoms with Crippen LogP contribution in [0.4, 0.5) is 5.69 Å². The lowest BCUT2D eigenvalue weighted by Gasteiger charge is -2.21. The van der Waals surface area contributed by atoms with Gasteiger partial charge in [0.15, 0.2) is 5.11 Å². The molecule has 140 valence electrons. The minimum Gasteiger partial charge on any atom is -0.302 e. The minimum absolute atomic E-state index is 0.0163. The fourth-order valence-electron chi connectivity index (χ4n) is 2.98. The number of carbonyl (C=O) groups is 2. The van der Waals surface area contributed by atoms with Crippen molar-refractivity contribution in [1.29, 1.82) is 0 Å². The van der Waals surface area contributed by atoms with Crippen LogP contribution in [0.1, 0.15) is 55.3 Å². The summed E-state index contributed by atoms with van der Waals surface area (Å²) in [4.78, 5) is 34.0. The predicted octanol–water partition coefficient (Wildman–Crippen LogP) is 2.59. The van der Waals surface area contributed by atoms with Crippen molar-refractivity contribution in [2.45, 2.75) is 44.9 Å². The Kier molecular flexibility index (Phi) is 7.46. The van der Waals surface area contributed by atoms with Crippen LogP contribution in [0, 0.1) is 16.0 Å². The number of nitrogens with one attached hydrogen (secondary N) is 3. The molecule has 2 amide bonds. The van der Waals surface area contributed by atoms with Gasteiger partial charge in [0, 0.05) is 24.1 Å². The van der Waals surface area contributed by atoms with Gasteiger partial charge < -0.3 is 5.32 Å². The van der Waals surface area contributed by atoms with Crippen molar-refractivity contribution in [1.82, 2.24) is 16.2 Å². The zero-order chi connectivity index (χ0) is 18.9. The lowest BCUT2D eigenvalue weighted by Crippen LogP contribution is -2.48. The first-order chi connectivity index (χ1) is 12.5. The van der Waals surface area contributed by atoms with E-state index < -0.39 is 10.8 Å². The highest BCUT2D eigenvalue weighted by Crippen LogP contribution is 2.27. The molecule has 0 bridgehead atoms. The first-order valence-electron chi connectivity index (χ1n) is 8.60. The third-order valence-electron chi connectivity index (χ3n) is 4.37. The molecule has 1 aromatic carbocycles. The molecule has 1 aliphatic rings. The van der Waals surface area contributed by atoms with Crippen molar-refractivity contribution in [3.63, 3.8) is 0 Å². The van der Waals surface area contributed by atoms with Gasteiger partial charge >= 0.3 is 0 Å². The summed E-state index contributed by atoms with van der Waals surface area (Å²) in [5, 5.41) is 13.2. The van der Waals surface area contributed by atoms with E-state index in [1.807, 2.05) is 0 Å². The SMILES string of the molecule is O=C(CCC1CCCCC1)NC(=S)NNC(=O)c1cccc([N+](=O)[O-])c1. The van der Waals surface area contributed by atoms with Gasteiger partial charge in [-0.15, -0.1) is 0 Å². The molecule has 26 heavy (non-hydrogen) atoms. The van der Waals surface area contributed by atoms with Crippen LogP contribution in [-0.2, 0) is 4.79 Å². The maximum atomic E-state index is 12.0. The van der Waals surface area contributed by atoms with E-state index in [1.54, 1.807) is 0 Å². The van der Waals surface area contributed by atoms with E-state index in [9.17, 15) is 19.7 Å². The number of rotatable bonds is 5. The van der Waals surface area contributed by atoms with Crippen LogP contribution in [0.25, 0.3) is 0 Å². The molecule has 9 heteroatoms. The normalized spacial score (nSPS) is 14.3. The van der Waals surface area contributed by atoms with Gasteiger partial charge in [-0.05, 0) is 30.6 Å². The molecule has 1 aliphatic carbocycles. The molecule has 0 radical (unpaired) electrons. The van der Waals surface area contributed by atoms with Crippen LogP contribution >= 0.6 is 12.2 Å². The van der Waals surface area contributed by atoms with Gasteiger partial charge in [0.25, 0.3) is 11.6 Å². The number of hydrogen-bond acceptors (Lipinski definition) is 5. The molecule has 3 N–H and O–H groups in total. The van der Waals surface area contributed by atoms with Crippen LogP contribution in [0.15, 0.2) is 24.3 Å². The highest BCUT2D eigenvalue weighted by molar-refractivity contribution is 7.80. The second kappa shape index (κ2) is 9.81. The lowest BCUT2D eigenvalue weighted by molar-refractivity contribution is -0.384. The van der Waals surface area contributed by atoms with E-state index in [-0.39, 0.29) is 22.3 Å². The third-order valence-corrected chi connectivity index (χ3v) is 4.57. The van der Waals surface area contributed by atoms with Gasteiger partial charge in [-0.1, -0.05) is 38.2 Å². The fraction of sp³-hybridized carbons (Fsp3) is 0.471. The Morgan fingerprint density at radius 3 is 2.62 bits per heavy atom. The average Bonchev–Trinajstić information content (AvgIpc) is 2.65. The summed E-state index contributed by atoms with van der Waals surface area (Å²) < 4.78 is 0. The number of amides is 2. The van der Waals surface area contributed by atoms with Crippen molar-refractivity contribution in [3.05, 3.63) is 39.9 Å². The Morgan fingerprint density at radius 1 is 1.19 bits per heavy atom. The summed E-state index contributed by atoms with van der Waals surface area (Å²) in [6.45, 7) is 0. The summed E-state index contributed by atoms with van der Waals surface area (Å²) in [6, 6.07) is 5.30. The summed E-state index contributed by atoms with van der Waals surface area (Å²) in [6.07, 6.45) is 7.33. The minimum atomic E-state index is -0.590. The van der Waals surface area contributed by atoms with Crippen LogP contribution in [-0.4, -0.2) is 21.9 Å². The molecule has 0 spiro atoms. The molecule has 2 rings (SSSR count). The molecule has 1 fully saturated rings. The van der Waals surface area contributed by atoms with E-state index >= 15 is 0 Å². The number of nitro benzene ring substituents is 1. The van der Waals surface area contributed by atoms with Crippen LogP contribution in [0.3, 0.4) is 0 Å². The van der Waals surface area contributed by atoms with Crippen LogP contribution < -0.4 is 16.2 Å². The zero-order valence-corrected chi connectivity index (χ0v) is 15.1. The highest BCUT2D eigenvalue weighted by atomic mass is 32.1. The third kappa shape index (κ3) is 6.40. The standard InChI is InChI=1S/C17H22N4O4S/c22-15(10-9-12-5-2-1-3-6-12)18-17(26)20-19-16(23)13-7-4-8-14(11-13)21(24)25/h4,7-8,11-12H,1-3,5-6,9-10H2,(H,19,23)(H2,18,20,22,26). The van der Waals surface area contributed by atoms with Crippen molar-refractivity contribution < 1.29 is 14.5 Å². The molecule has 0 aliphatic heterocycles.